The third kappa shape index (κ3) is 5.38. The minimum Gasteiger partial charge on any atom is -0.377 e. The Hall–Kier alpha value is -2.62. The van der Waals surface area contributed by atoms with Crippen LogP contribution >= 0.6 is 0 Å². The largest absolute Gasteiger partial charge is 0.377 e. The zero-order valence-electron chi connectivity index (χ0n) is 21.9. The van der Waals surface area contributed by atoms with E-state index in [1.165, 1.54) is 5.56 Å². The first-order valence-corrected chi connectivity index (χ1v) is 13.3. The lowest BCUT2D eigenvalue weighted by atomic mass is 9.99. The van der Waals surface area contributed by atoms with Gasteiger partial charge in [0.1, 0.15) is 0 Å². The van der Waals surface area contributed by atoms with Crippen LogP contribution in [0.3, 0.4) is 0 Å². The monoisotopic (exact) mass is 494 g/mol. The quantitative estimate of drug-likeness (QED) is 0.484. The molecule has 1 N–H and O–H groups in total. The number of hydrogen-bond donors (Lipinski definition) is 1. The van der Waals surface area contributed by atoms with E-state index >= 15 is 0 Å². The second kappa shape index (κ2) is 10.8. The van der Waals surface area contributed by atoms with E-state index in [4.69, 9.17) is 9.47 Å². The van der Waals surface area contributed by atoms with Gasteiger partial charge in [0, 0.05) is 31.9 Å². The molecule has 3 atom stereocenters. The smallest absolute Gasteiger partial charge is 0.252 e. The predicted octanol–water partition coefficient (Wildman–Crippen LogP) is 3.69. The van der Waals surface area contributed by atoms with E-state index in [-0.39, 0.29) is 29.7 Å². The Balaban J connectivity index is 1.50. The van der Waals surface area contributed by atoms with E-state index in [2.05, 4.69) is 58.3 Å². The van der Waals surface area contributed by atoms with Crippen molar-refractivity contribution < 1.29 is 9.47 Å². The molecular formula is C27H38N6O3. The highest BCUT2D eigenvalue weighted by Gasteiger charge is 2.33. The van der Waals surface area contributed by atoms with Crippen molar-refractivity contribution >= 4 is 10.9 Å². The molecule has 0 radical (unpaired) electrons. The van der Waals surface area contributed by atoms with Gasteiger partial charge < -0.3 is 14.5 Å². The first-order valence-electron chi connectivity index (χ1n) is 13.3. The minimum atomic E-state index is -0.0695. The van der Waals surface area contributed by atoms with Crippen LogP contribution in [0.4, 0.5) is 0 Å². The Bertz CT molecular complexity index is 1240. The standard InChI is InChI=1S/C27H38N6O3/c1-17(2)25(26-29-30-31-33(26)16-23-8-6-10-36-23)32(15-22-7-5-9-35-22)14-21-13-20-12-18(3)11-19(4)24(20)28-27(21)34/h11-13,17,22-23,25H,5-10,14-16H2,1-4H3,(H,28,34). The van der Waals surface area contributed by atoms with Crippen LogP contribution in [0.25, 0.3) is 10.9 Å². The molecule has 0 bridgehead atoms. The number of aromatic nitrogens is 5. The molecule has 0 aliphatic carbocycles. The van der Waals surface area contributed by atoms with Gasteiger partial charge in [0.05, 0.1) is 30.3 Å². The lowest BCUT2D eigenvalue weighted by Gasteiger charge is -2.35. The van der Waals surface area contributed by atoms with Crippen molar-refractivity contribution in [2.75, 3.05) is 19.8 Å². The number of benzene rings is 1. The fraction of sp³-hybridized carbons (Fsp3) is 0.630. The lowest BCUT2D eigenvalue weighted by molar-refractivity contribution is 0.0365. The molecule has 0 amide bonds. The van der Waals surface area contributed by atoms with Crippen LogP contribution in [-0.2, 0) is 22.6 Å². The average molecular weight is 495 g/mol. The molecule has 3 aromatic rings. The summed E-state index contributed by atoms with van der Waals surface area (Å²) >= 11 is 0. The number of H-pyrrole nitrogens is 1. The van der Waals surface area contributed by atoms with Crippen LogP contribution in [0.1, 0.15) is 68.1 Å². The van der Waals surface area contributed by atoms with E-state index in [1.807, 2.05) is 17.7 Å². The normalized spacial score (nSPS) is 21.3. The van der Waals surface area contributed by atoms with E-state index in [0.29, 0.717) is 13.1 Å². The van der Waals surface area contributed by atoms with Crippen LogP contribution in [0.2, 0.25) is 0 Å². The second-order valence-corrected chi connectivity index (χ2v) is 10.8. The van der Waals surface area contributed by atoms with E-state index in [0.717, 1.165) is 73.3 Å². The highest BCUT2D eigenvalue weighted by Crippen LogP contribution is 2.31. The molecule has 2 aliphatic heterocycles. The molecule has 4 heterocycles. The molecule has 0 spiro atoms. The molecule has 2 aliphatic rings. The topological polar surface area (TPSA) is 98.2 Å². The number of hydrogen-bond acceptors (Lipinski definition) is 7. The summed E-state index contributed by atoms with van der Waals surface area (Å²) in [5.74, 6) is 1.05. The summed E-state index contributed by atoms with van der Waals surface area (Å²) in [6, 6.07) is 6.21. The molecule has 2 saturated heterocycles. The maximum absolute atomic E-state index is 13.2. The zero-order chi connectivity index (χ0) is 25.2. The zero-order valence-corrected chi connectivity index (χ0v) is 21.9. The van der Waals surface area contributed by atoms with Crippen LogP contribution in [0.15, 0.2) is 23.0 Å². The summed E-state index contributed by atoms with van der Waals surface area (Å²) in [5, 5.41) is 13.9. The molecule has 9 heteroatoms. The first kappa shape index (κ1) is 25.0. The summed E-state index contributed by atoms with van der Waals surface area (Å²) in [6.07, 6.45) is 4.46. The summed E-state index contributed by atoms with van der Waals surface area (Å²) < 4.78 is 13.8. The van der Waals surface area contributed by atoms with Gasteiger partial charge in [-0.05, 0) is 79.0 Å². The average Bonchev–Trinajstić information content (AvgIpc) is 3.60. The second-order valence-electron chi connectivity index (χ2n) is 10.8. The minimum absolute atomic E-state index is 0.0479. The van der Waals surface area contributed by atoms with Crippen molar-refractivity contribution in [1.29, 1.82) is 0 Å². The summed E-state index contributed by atoms with van der Waals surface area (Å²) in [4.78, 5) is 18.7. The number of aryl methyl sites for hydroxylation is 2. The van der Waals surface area contributed by atoms with Crippen LogP contribution in [-0.4, -0.2) is 62.1 Å². The molecule has 194 valence electrons. The Morgan fingerprint density at radius 2 is 1.86 bits per heavy atom. The molecule has 2 fully saturated rings. The molecule has 3 unspecified atom stereocenters. The van der Waals surface area contributed by atoms with Gasteiger partial charge in [-0.3, -0.25) is 9.69 Å². The summed E-state index contributed by atoms with van der Waals surface area (Å²) in [5.41, 5.74) is 3.87. The highest BCUT2D eigenvalue weighted by molar-refractivity contribution is 5.82. The summed E-state index contributed by atoms with van der Waals surface area (Å²) in [6.45, 7) is 12.0. The Labute approximate surface area is 212 Å². The molecular weight excluding hydrogens is 456 g/mol. The van der Waals surface area contributed by atoms with E-state index in [1.54, 1.807) is 0 Å². The molecule has 5 rings (SSSR count). The van der Waals surface area contributed by atoms with E-state index < -0.39 is 0 Å². The fourth-order valence-electron chi connectivity index (χ4n) is 5.81. The number of fused-ring (bicyclic) bond motifs is 1. The lowest BCUT2D eigenvalue weighted by Crippen LogP contribution is -2.40. The van der Waals surface area contributed by atoms with Gasteiger partial charge >= 0.3 is 0 Å². The van der Waals surface area contributed by atoms with Crippen molar-refractivity contribution in [2.45, 2.75) is 84.7 Å². The number of nitrogens with zero attached hydrogens (tertiary/aromatic N) is 5. The number of aromatic amines is 1. The van der Waals surface area contributed by atoms with Crippen LogP contribution < -0.4 is 5.56 Å². The molecule has 0 saturated carbocycles. The Morgan fingerprint density at radius 3 is 2.56 bits per heavy atom. The summed E-state index contributed by atoms with van der Waals surface area (Å²) in [7, 11) is 0. The maximum atomic E-state index is 13.2. The van der Waals surface area contributed by atoms with Gasteiger partial charge in [-0.1, -0.05) is 25.5 Å². The van der Waals surface area contributed by atoms with Crippen LogP contribution in [0, 0.1) is 19.8 Å². The van der Waals surface area contributed by atoms with Gasteiger partial charge in [-0.15, -0.1) is 5.10 Å². The predicted molar refractivity (Wildman–Crippen MR) is 138 cm³/mol. The maximum Gasteiger partial charge on any atom is 0.252 e. The SMILES string of the molecule is Cc1cc(C)c2[nH]c(=O)c(CN(CC3CCCO3)C(c3nnnn3CC3CCCO3)C(C)C)cc2c1. The fourth-order valence-corrected chi connectivity index (χ4v) is 5.81. The van der Waals surface area contributed by atoms with Gasteiger partial charge in [-0.25, -0.2) is 4.68 Å². The van der Waals surface area contributed by atoms with Gasteiger partial charge in [0.15, 0.2) is 5.82 Å². The van der Waals surface area contributed by atoms with Crippen molar-refractivity contribution in [1.82, 2.24) is 30.1 Å². The van der Waals surface area contributed by atoms with Crippen LogP contribution in [0.5, 0.6) is 0 Å². The van der Waals surface area contributed by atoms with Gasteiger partial charge in [0.25, 0.3) is 5.56 Å². The van der Waals surface area contributed by atoms with Crippen molar-refractivity contribution in [3.8, 4) is 0 Å². The van der Waals surface area contributed by atoms with Crippen molar-refractivity contribution in [3.63, 3.8) is 0 Å². The number of pyridine rings is 1. The molecule has 9 nitrogen and oxygen atoms in total. The number of rotatable bonds is 9. The Kier molecular flexibility index (Phi) is 7.50. The molecule has 1 aromatic carbocycles. The van der Waals surface area contributed by atoms with Crippen molar-refractivity contribution in [2.24, 2.45) is 5.92 Å². The number of ether oxygens (including phenoxy) is 2. The van der Waals surface area contributed by atoms with Crippen molar-refractivity contribution in [3.05, 3.63) is 51.1 Å². The third-order valence-electron chi connectivity index (χ3n) is 7.46. The highest BCUT2D eigenvalue weighted by atomic mass is 16.5. The molecule has 36 heavy (non-hydrogen) atoms. The van der Waals surface area contributed by atoms with Gasteiger partial charge in [-0.2, -0.15) is 0 Å². The first-order chi connectivity index (χ1) is 17.4. The Morgan fingerprint density at radius 1 is 1.11 bits per heavy atom. The number of nitrogens with one attached hydrogen (secondary N) is 1. The molecule has 2 aromatic heterocycles. The number of tetrazole rings is 1. The third-order valence-corrected chi connectivity index (χ3v) is 7.46. The van der Waals surface area contributed by atoms with Gasteiger partial charge in [0.2, 0.25) is 0 Å². The van der Waals surface area contributed by atoms with E-state index in [9.17, 15) is 4.79 Å².